The van der Waals surface area contributed by atoms with Gasteiger partial charge in [0.2, 0.25) is 17.4 Å². The molecule has 12 heteroatoms. The smallest absolute Gasteiger partial charge is 0.352 e. The third-order valence-corrected chi connectivity index (χ3v) is 4.74. The average molecular weight is 555 g/mol. The summed E-state index contributed by atoms with van der Waals surface area (Å²) in [5.74, 6) is -0.0633. The first kappa shape index (κ1) is 16.9. The highest BCUT2D eigenvalue weighted by atomic mass is 127. The number of aromatic nitrogens is 3. The lowest BCUT2D eigenvalue weighted by Gasteiger charge is -2.03. The number of benzene rings is 1. The molecule has 0 aliphatic heterocycles. The normalized spacial score (nSPS) is 11.5. The van der Waals surface area contributed by atoms with Crippen LogP contribution in [0.3, 0.4) is 0 Å². The number of hydrogen-bond donors (Lipinski definition) is 1. The van der Waals surface area contributed by atoms with E-state index in [1.54, 1.807) is 41.1 Å². The number of fused-ring (bicyclic) bond motifs is 1. The molecule has 0 aliphatic carbocycles. The van der Waals surface area contributed by atoms with Gasteiger partial charge in [-0.15, -0.1) is 10.2 Å². The van der Waals surface area contributed by atoms with E-state index in [0.29, 0.717) is 16.7 Å². The maximum absolute atomic E-state index is 12.1. The number of azo groups is 1. The zero-order valence-electron chi connectivity index (χ0n) is 11.8. The van der Waals surface area contributed by atoms with Crippen LogP contribution in [0.4, 0.5) is 11.5 Å². The van der Waals surface area contributed by atoms with Crippen molar-refractivity contribution in [2.24, 2.45) is 10.2 Å². The molecule has 10 nitrogen and oxygen atoms in total. The van der Waals surface area contributed by atoms with E-state index in [1.165, 1.54) is 30.0 Å². The van der Waals surface area contributed by atoms with Crippen LogP contribution in [0, 0.1) is 0 Å². The van der Waals surface area contributed by atoms with Gasteiger partial charge in [0, 0.05) is 0 Å². The Labute approximate surface area is 160 Å². The fourth-order valence-electron chi connectivity index (χ4n) is 1.90. The molecular formula is C12H7I2N5O5. The second-order valence-corrected chi connectivity index (χ2v) is 6.29. The third kappa shape index (κ3) is 2.68. The highest BCUT2D eigenvalue weighted by Gasteiger charge is 2.18. The van der Waals surface area contributed by atoms with E-state index in [4.69, 9.17) is 9.26 Å². The molecule has 2 heterocycles. The minimum Gasteiger partial charge on any atom is -0.496 e. The van der Waals surface area contributed by atoms with Crippen LogP contribution in [0.5, 0.6) is 11.6 Å². The number of rotatable bonds is 3. The molecule has 0 amide bonds. The maximum Gasteiger partial charge on any atom is 0.352 e. The Morgan fingerprint density at radius 2 is 2.00 bits per heavy atom. The van der Waals surface area contributed by atoms with Gasteiger partial charge >= 0.3 is 5.69 Å². The SMILES string of the molecule is COc1cccc2onc(N=Nc3c(O)n(I)c(=O)n(I)c3=O)c12. The number of aromatic hydroxyl groups is 1. The monoisotopic (exact) mass is 555 g/mol. The molecule has 0 fully saturated rings. The summed E-state index contributed by atoms with van der Waals surface area (Å²) in [6.07, 6.45) is 0. The van der Waals surface area contributed by atoms with Crippen molar-refractivity contribution in [3.05, 3.63) is 39.0 Å². The summed E-state index contributed by atoms with van der Waals surface area (Å²) in [6, 6.07) is 5.09. The Hall–Kier alpha value is -1.97. The molecule has 0 saturated heterocycles. The van der Waals surface area contributed by atoms with E-state index in [-0.39, 0.29) is 5.82 Å². The highest BCUT2D eigenvalue weighted by molar-refractivity contribution is 14.1. The molecule has 0 bridgehead atoms. The summed E-state index contributed by atoms with van der Waals surface area (Å²) >= 11 is 3.06. The van der Waals surface area contributed by atoms with Crippen LogP contribution in [-0.4, -0.2) is 22.9 Å². The van der Waals surface area contributed by atoms with E-state index in [2.05, 4.69) is 15.4 Å². The maximum atomic E-state index is 12.1. The topological polar surface area (TPSA) is 124 Å². The fraction of sp³-hybridized carbons (Fsp3) is 0.0833. The Morgan fingerprint density at radius 3 is 2.71 bits per heavy atom. The lowest BCUT2D eigenvalue weighted by molar-refractivity contribution is 0.419. The minimum atomic E-state index is -0.797. The fourth-order valence-corrected chi connectivity index (χ4v) is 3.21. The molecule has 0 saturated carbocycles. The Morgan fingerprint density at radius 1 is 1.25 bits per heavy atom. The van der Waals surface area contributed by atoms with E-state index in [9.17, 15) is 14.7 Å². The largest absolute Gasteiger partial charge is 0.496 e. The second kappa shape index (κ2) is 6.50. The summed E-state index contributed by atoms with van der Waals surface area (Å²) in [6.45, 7) is 0. The second-order valence-electron chi connectivity index (χ2n) is 4.36. The Bertz CT molecular complexity index is 1080. The van der Waals surface area contributed by atoms with Crippen LogP contribution in [0.15, 0.2) is 42.5 Å². The molecule has 0 atom stereocenters. The van der Waals surface area contributed by atoms with Gasteiger partial charge in [-0.25, -0.2) is 4.79 Å². The van der Waals surface area contributed by atoms with Crippen LogP contribution in [-0.2, 0) is 0 Å². The van der Waals surface area contributed by atoms with E-state index >= 15 is 0 Å². The summed E-state index contributed by atoms with van der Waals surface area (Å²) in [4.78, 5) is 23.8. The van der Waals surface area contributed by atoms with Crippen LogP contribution in [0.25, 0.3) is 11.0 Å². The predicted molar refractivity (Wildman–Crippen MR) is 100 cm³/mol. The van der Waals surface area contributed by atoms with Gasteiger partial charge in [0.1, 0.15) is 11.1 Å². The molecule has 3 aromatic rings. The van der Waals surface area contributed by atoms with Crippen molar-refractivity contribution in [2.45, 2.75) is 0 Å². The first-order valence-electron chi connectivity index (χ1n) is 6.23. The van der Waals surface area contributed by atoms with Crippen molar-refractivity contribution in [1.82, 2.24) is 10.7 Å². The first-order chi connectivity index (χ1) is 11.5. The molecule has 0 aliphatic rings. The van der Waals surface area contributed by atoms with Gasteiger partial charge in [-0.1, -0.05) is 11.2 Å². The lowest BCUT2D eigenvalue weighted by Crippen LogP contribution is -2.31. The third-order valence-electron chi connectivity index (χ3n) is 3.02. The van der Waals surface area contributed by atoms with E-state index < -0.39 is 22.8 Å². The van der Waals surface area contributed by atoms with Crippen LogP contribution < -0.4 is 16.0 Å². The van der Waals surface area contributed by atoms with Crippen molar-refractivity contribution in [1.29, 1.82) is 0 Å². The zero-order valence-corrected chi connectivity index (χ0v) is 16.1. The number of nitrogens with zero attached hydrogens (tertiary/aromatic N) is 5. The molecule has 3 rings (SSSR count). The summed E-state index contributed by atoms with van der Waals surface area (Å²) in [5, 5.41) is 21.8. The zero-order chi connectivity index (χ0) is 17.4. The van der Waals surface area contributed by atoms with Crippen molar-refractivity contribution in [2.75, 3.05) is 7.11 Å². The number of ether oxygens (including phenoxy) is 1. The predicted octanol–water partition coefficient (Wildman–Crippen LogP) is 2.68. The average Bonchev–Trinajstić information content (AvgIpc) is 3.01. The number of halogens is 2. The molecule has 0 unspecified atom stereocenters. The Balaban J connectivity index is 2.17. The first-order valence-corrected chi connectivity index (χ1v) is 8.16. The summed E-state index contributed by atoms with van der Waals surface area (Å²) in [5.41, 5.74) is -1.47. The molecule has 1 aromatic carbocycles. The standard InChI is InChI=1S/C12H7I2N5O5/c1-23-5-3-2-4-6-7(5)9(17-24-6)16-15-8-10(20)18(13)12(22)19(14)11(8)21/h2-4,20H,1H3. The van der Waals surface area contributed by atoms with Gasteiger partial charge in [0.15, 0.2) is 5.58 Å². The van der Waals surface area contributed by atoms with E-state index in [0.717, 1.165) is 5.56 Å². The van der Waals surface area contributed by atoms with Crippen LogP contribution in [0.2, 0.25) is 0 Å². The van der Waals surface area contributed by atoms with Gasteiger partial charge in [0.05, 0.1) is 52.8 Å². The molecule has 1 N–H and O–H groups in total. The molecular weight excluding hydrogens is 548 g/mol. The van der Waals surface area contributed by atoms with Gasteiger partial charge in [-0.3, -0.25) is 4.79 Å². The van der Waals surface area contributed by atoms with Gasteiger partial charge in [-0.05, 0) is 12.1 Å². The summed E-state index contributed by atoms with van der Waals surface area (Å²) in [7, 11) is 1.48. The lowest BCUT2D eigenvalue weighted by atomic mass is 10.2. The van der Waals surface area contributed by atoms with Crippen LogP contribution >= 0.6 is 45.7 Å². The quantitative estimate of drug-likeness (QED) is 0.392. The number of methoxy groups -OCH3 is 1. The van der Waals surface area contributed by atoms with Gasteiger partial charge < -0.3 is 14.4 Å². The molecule has 0 radical (unpaired) electrons. The van der Waals surface area contributed by atoms with Crippen LogP contribution in [0.1, 0.15) is 0 Å². The minimum absolute atomic E-state index is 0.0764. The Kier molecular flexibility index (Phi) is 4.57. The van der Waals surface area contributed by atoms with Crippen molar-refractivity contribution in [3.8, 4) is 11.6 Å². The van der Waals surface area contributed by atoms with Gasteiger partial charge in [0.25, 0.3) is 5.56 Å². The molecule has 0 spiro atoms. The molecule has 124 valence electrons. The van der Waals surface area contributed by atoms with E-state index in [1.807, 2.05) is 0 Å². The van der Waals surface area contributed by atoms with Gasteiger partial charge in [-0.2, -0.15) is 5.56 Å². The number of hydrogen-bond acceptors (Lipinski definition) is 8. The molecule has 24 heavy (non-hydrogen) atoms. The molecule has 2 aromatic heterocycles. The van der Waals surface area contributed by atoms with Crippen molar-refractivity contribution >= 4 is 68.2 Å². The van der Waals surface area contributed by atoms with Crippen molar-refractivity contribution < 1.29 is 14.4 Å². The van der Waals surface area contributed by atoms with Crippen molar-refractivity contribution in [3.63, 3.8) is 0 Å². The summed E-state index contributed by atoms with van der Waals surface area (Å²) < 4.78 is 12.0. The highest BCUT2D eigenvalue weighted by Crippen LogP contribution is 2.34.